The van der Waals surface area contributed by atoms with E-state index < -0.39 is 0 Å². The molecule has 8 nitrogen and oxygen atoms in total. The quantitative estimate of drug-likeness (QED) is 0.550. The number of likely N-dealkylation sites (N-methyl/N-ethyl adjacent to an activating group) is 1. The molecule has 2 N–H and O–H groups in total. The Labute approximate surface area is 212 Å². The standard InChI is InChI=1S/C28H34N6O2/c1-18(35)29-21-6-3-5-19(13-21)20-8-11-25-26(14-20)31-28(36-17-24-7-4-12-33(24)2)32-27(25)34-15-22-9-10-23(16-34)30-22/h3,5-6,8,11,13-14,22-24,30H,4,7,9-10,12,15-17H2,1-2H3,(H,29,35). The van der Waals surface area contributed by atoms with Gasteiger partial charge in [0.2, 0.25) is 5.91 Å². The molecule has 3 fully saturated rings. The largest absolute Gasteiger partial charge is 0.462 e. The Hall–Kier alpha value is -3.23. The summed E-state index contributed by atoms with van der Waals surface area (Å²) in [5.41, 5.74) is 3.73. The zero-order valence-electron chi connectivity index (χ0n) is 21.0. The van der Waals surface area contributed by atoms with Gasteiger partial charge >= 0.3 is 6.01 Å². The van der Waals surface area contributed by atoms with Crippen LogP contribution in [0, 0.1) is 0 Å². The van der Waals surface area contributed by atoms with E-state index in [-0.39, 0.29) is 5.91 Å². The average molecular weight is 487 g/mol. The van der Waals surface area contributed by atoms with Crippen molar-refractivity contribution in [2.45, 2.75) is 50.7 Å². The van der Waals surface area contributed by atoms with E-state index in [4.69, 9.17) is 14.7 Å². The number of rotatable bonds is 6. The topological polar surface area (TPSA) is 82.6 Å². The Balaban J connectivity index is 1.36. The van der Waals surface area contributed by atoms with E-state index in [1.807, 2.05) is 18.2 Å². The fraction of sp³-hybridized carbons (Fsp3) is 0.464. The van der Waals surface area contributed by atoms with Gasteiger partial charge in [-0.15, -0.1) is 0 Å². The molecule has 2 bridgehead atoms. The first-order valence-electron chi connectivity index (χ1n) is 13.1. The number of benzene rings is 2. The van der Waals surface area contributed by atoms with E-state index in [0.29, 0.717) is 30.7 Å². The number of hydrogen-bond acceptors (Lipinski definition) is 7. The Morgan fingerprint density at radius 3 is 2.64 bits per heavy atom. The molecule has 1 aromatic heterocycles. The molecule has 36 heavy (non-hydrogen) atoms. The van der Waals surface area contributed by atoms with Gasteiger partial charge in [-0.25, -0.2) is 0 Å². The molecule has 188 valence electrons. The summed E-state index contributed by atoms with van der Waals surface area (Å²) >= 11 is 0. The van der Waals surface area contributed by atoms with Gasteiger partial charge in [-0.05, 0) is 74.7 Å². The van der Waals surface area contributed by atoms with Crippen LogP contribution in [0.3, 0.4) is 0 Å². The minimum absolute atomic E-state index is 0.0808. The van der Waals surface area contributed by atoms with Crippen LogP contribution in [0.25, 0.3) is 22.0 Å². The Kier molecular flexibility index (Phi) is 6.23. The third-order valence-corrected chi connectivity index (χ3v) is 7.76. The number of carbonyl (C=O) groups excluding carboxylic acids is 1. The van der Waals surface area contributed by atoms with Crippen LogP contribution >= 0.6 is 0 Å². The smallest absolute Gasteiger partial charge is 0.319 e. The van der Waals surface area contributed by atoms with Crippen LogP contribution in [0.1, 0.15) is 32.6 Å². The number of ether oxygens (including phenoxy) is 1. The van der Waals surface area contributed by atoms with Crippen LogP contribution in [0.4, 0.5) is 11.5 Å². The van der Waals surface area contributed by atoms with Crippen molar-refractivity contribution in [2.24, 2.45) is 0 Å². The number of nitrogens with zero attached hydrogens (tertiary/aromatic N) is 4. The summed E-state index contributed by atoms with van der Waals surface area (Å²) < 4.78 is 6.22. The highest BCUT2D eigenvalue weighted by Crippen LogP contribution is 2.33. The summed E-state index contributed by atoms with van der Waals surface area (Å²) in [7, 11) is 2.16. The van der Waals surface area contributed by atoms with E-state index in [1.54, 1.807) is 0 Å². The monoisotopic (exact) mass is 486 g/mol. The molecular weight excluding hydrogens is 452 g/mol. The molecule has 8 heteroatoms. The molecule has 1 amide bonds. The SMILES string of the molecule is CC(=O)Nc1cccc(-c2ccc3c(N4CC5CCC(C4)N5)nc(OCC4CCCN4C)nc3c2)c1. The lowest BCUT2D eigenvalue weighted by Crippen LogP contribution is -2.51. The summed E-state index contributed by atoms with van der Waals surface area (Å²) in [6, 6.07) is 16.1. The number of amides is 1. The summed E-state index contributed by atoms with van der Waals surface area (Å²) in [4.78, 5) is 26.1. The number of fused-ring (bicyclic) bond motifs is 3. The number of aromatic nitrogens is 2. The molecule has 2 aromatic carbocycles. The summed E-state index contributed by atoms with van der Waals surface area (Å²) in [6.45, 7) is 5.14. The highest BCUT2D eigenvalue weighted by molar-refractivity contribution is 5.94. The Morgan fingerprint density at radius 2 is 1.89 bits per heavy atom. The highest BCUT2D eigenvalue weighted by atomic mass is 16.5. The van der Waals surface area contributed by atoms with Gasteiger partial charge in [-0.2, -0.15) is 9.97 Å². The lowest BCUT2D eigenvalue weighted by Gasteiger charge is -2.34. The van der Waals surface area contributed by atoms with Crippen LogP contribution in [0.2, 0.25) is 0 Å². The third kappa shape index (κ3) is 4.75. The number of likely N-dealkylation sites (tertiary alicyclic amines) is 1. The molecule has 3 unspecified atom stereocenters. The van der Waals surface area contributed by atoms with Gasteiger partial charge in [0.05, 0.1) is 5.52 Å². The first-order valence-corrected chi connectivity index (χ1v) is 13.1. The van der Waals surface area contributed by atoms with E-state index in [2.05, 4.69) is 51.7 Å². The Morgan fingerprint density at radius 1 is 1.08 bits per heavy atom. The molecule has 6 rings (SSSR count). The molecule has 3 aliphatic rings. The van der Waals surface area contributed by atoms with E-state index in [0.717, 1.165) is 59.6 Å². The van der Waals surface area contributed by atoms with Gasteiger partial charge in [-0.1, -0.05) is 18.2 Å². The van der Waals surface area contributed by atoms with Crippen LogP contribution in [0.5, 0.6) is 6.01 Å². The average Bonchev–Trinajstić information content (AvgIpc) is 3.44. The highest BCUT2D eigenvalue weighted by Gasteiger charge is 2.33. The second kappa shape index (κ2) is 9.67. The molecule has 0 saturated carbocycles. The van der Waals surface area contributed by atoms with E-state index in [1.165, 1.54) is 26.2 Å². The number of carbonyl (C=O) groups is 1. The van der Waals surface area contributed by atoms with Crippen molar-refractivity contribution in [3.8, 4) is 17.1 Å². The van der Waals surface area contributed by atoms with Crippen molar-refractivity contribution in [3.63, 3.8) is 0 Å². The number of hydrogen-bond donors (Lipinski definition) is 2. The number of piperazine rings is 1. The van der Waals surface area contributed by atoms with Crippen LogP contribution in [0.15, 0.2) is 42.5 Å². The molecule has 3 atom stereocenters. The van der Waals surface area contributed by atoms with Crippen LogP contribution in [-0.2, 0) is 4.79 Å². The molecule has 4 heterocycles. The molecule has 0 spiro atoms. The first kappa shape index (κ1) is 23.2. The second-order valence-electron chi connectivity index (χ2n) is 10.5. The van der Waals surface area contributed by atoms with Crippen molar-refractivity contribution in [3.05, 3.63) is 42.5 Å². The lowest BCUT2D eigenvalue weighted by molar-refractivity contribution is -0.114. The minimum Gasteiger partial charge on any atom is -0.462 e. The normalized spacial score (nSPS) is 23.8. The molecule has 3 saturated heterocycles. The van der Waals surface area contributed by atoms with E-state index in [9.17, 15) is 4.79 Å². The van der Waals surface area contributed by atoms with E-state index >= 15 is 0 Å². The Bertz CT molecular complexity index is 1270. The molecule has 0 aliphatic carbocycles. The van der Waals surface area contributed by atoms with Crippen molar-refractivity contribution < 1.29 is 9.53 Å². The number of anilines is 2. The number of nitrogens with one attached hydrogen (secondary N) is 2. The predicted octanol–water partition coefficient (Wildman–Crippen LogP) is 3.67. The van der Waals surface area contributed by atoms with Crippen LogP contribution in [-0.4, -0.2) is 72.2 Å². The van der Waals surface area contributed by atoms with Crippen molar-refractivity contribution in [2.75, 3.05) is 43.5 Å². The summed E-state index contributed by atoms with van der Waals surface area (Å²) in [5.74, 6) is 0.884. The zero-order chi connectivity index (χ0) is 24.6. The fourth-order valence-electron chi connectivity index (χ4n) is 5.89. The maximum Gasteiger partial charge on any atom is 0.319 e. The van der Waals surface area contributed by atoms with Gasteiger partial charge in [0.15, 0.2) is 0 Å². The predicted molar refractivity (Wildman–Crippen MR) is 143 cm³/mol. The molecule has 0 radical (unpaired) electrons. The van der Waals surface area contributed by atoms with Crippen molar-refractivity contribution >= 4 is 28.3 Å². The molecule has 3 aromatic rings. The van der Waals surface area contributed by atoms with Gasteiger partial charge in [-0.3, -0.25) is 4.79 Å². The van der Waals surface area contributed by atoms with Crippen molar-refractivity contribution in [1.82, 2.24) is 20.2 Å². The van der Waals surface area contributed by atoms with Crippen LogP contribution < -0.4 is 20.3 Å². The van der Waals surface area contributed by atoms with Gasteiger partial charge < -0.3 is 25.2 Å². The lowest BCUT2D eigenvalue weighted by atomic mass is 10.0. The molecule has 3 aliphatic heterocycles. The van der Waals surface area contributed by atoms with Gasteiger partial charge in [0.25, 0.3) is 0 Å². The summed E-state index contributed by atoms with van der Waals surface area (Å²) in [5, 5.41) is 7.64. The molecular formula is C28H34N6O2. The van der Waals surface area contributed by atoms with Gasteiger partial charge in [0, 0.05) is 49.2 Å². The zero-order valence-corrected chi connectivity index (χ0v) is 21.0. The minimum atomic E-state index is -0.0808. The third-order valence-electron chi connectivity index (χ3n) is 7.76. The van der Waals surface area contributed by atoms with Crippen molar-refractivity contribution in [1.29, 1.82) is 0 Å². The maximum absolute atomic E-state index is 11.5. The first-order chi connectivity index (χ1) is 17.5. The van der Waals surface area contributed by atoms with Gasteiger partial charge in [0.1, 0.15) is 12.4 Å². The second-order valence-corrected chi connectivity index (χ2v) is 10.5. The summed E-state index contributed by atoms with van der Waals surface area (Å²) in [6.07, 6.45) is 4.79. The fourth-order valence-corrected chi connectivity index (χ4v) is 5.89. The maximum atomic E-state index is 11.5.